The van der Waals surface area contributed by atoms with Crippen LogP contribution < -0.4 is 5.32 Å². The molecule has 0 amide bonds. The van der Waals surface area contributed by atoms with E-state index in [9.17, 15) is 0 Å². The lowest BCUT2D eigenvalue weighted by Gasteiger charge is -2.17. The highest BCUT2D eigenvalue weighted by Crippen LogP contribution is 2.18. The lowest BCUT2D eigenvalue weighted by atomic mass is 10.1. The molecule has 0 saturated carbocycles. The largest absolute Gasteiger partial charge is 0.340 e. The third kappa shape index (κ3) is 5.37. The molecule has 17 heavy (non-hydrogen) atoms. The van der Waals surface area contributed by atoms with E-state index in [2.05, 4.69) is 32.8 Å². The van der Waals surface area contributed by atoms with Gasteiger partial charge in [-0.15, -0.1) is 0 Å². The zero-order valence-electron chi connectivity index (χ0n) is 10.2. The maximum Gasteiger partial charge on any atom is 0.139 e. The van der Waals surface area contributed by atoms with Crippen molar-refractivity contribution < 1.29 is 0 Å². The standard InChI is InChI=1S/C13H16BrClN2/c1-9(14)12(17-13(2,3)4)16-11-7-5-10(15)6-8-11/h5-8H,1H2,2-4H3,(H,16,17). The summed E-state index contributed by atoms with van der Waals surface area (Å²) in [7, 11) is 0. The quantitative estimate of drug-likeness (QED) is 0.612. The van der Waals surface area contributed by atoms with Crippen molar-refractivity contribution in [2.24, 2.45) is 4.99 Å². The van der Waals surface area contributed by atoms with Crippen molar-refractivity contribution in [2.45, 2.75) is 26.3 Å². The van der Waals surface area contributed by atoms with Crippen LogP contribution in [-0.2, 0) is 0 Å². The Hall–Kier alpha value is -0.800. The second-order valence-corrected chi connectivity index (χ2v) is 6.06. The molecule has 92 valence electrons. The van der Waals surface area contributed by atoms with E-state index >= 15 is 0 Å². The summed E-state index contributed by atoms with van der Waals surface area (Å²) in [4.78, 5) is 4.55. The summed E-state index contributed by atoms with van der Waals surface area (Å²) in [6, 6.07) is 7.46. The third-order valence-corrected chi connectivity index (χ3v) is 2.44. The van der Waals surface area contributed by atoms with Gasteiger partial charge in [0.1, 0.15) is 5.84 Å². The molecule has 0 aliphatic carbocycles. The van der Waals surface area contributed by atoms with Crippen LogP contribution >= 0.6 is 27.5 Å². The lowest BCUT2D eigenvalue weighted by molar-refractivity contribution is 0.584. The second-order valence-electron chi connectivity index (χ2n) is 4.67. The normalized spacial score (nSPS) is 12.4. The van der Waals surface area contributed by atoms with E-state index in [1.54, 1.807) is 0 Å². The van der Waals surface area contributed by atoms with Gasteiger partial charge in [-0.2, -0.15) is 0 Å². The Morgan fingerprint density at radius 1 is 1.29 bits per heavy atom. The van der Waals surface area contributed by atoms with Crippen LogP contribution in [0.1, 0.15) is 20.8 Å². The second kappa shape index (κ2) is 5.69. The fourth-order valence-electron chi connectivity index (χ4n) is 1.16. The number of aliphatic imine (C=N–C) groups is 1. The van der Waals surface area contributed by atoms with Crippen LogP contribution in [0.5, 0.6) is 0 Å². The highest BCUT2D eigenvalue weighted by atomic mass is 79.9. The van der Waals surface area contributed by atoms with Crippen LogP contribution in [0.3, 0.4) is 0 Å². The van der Waals surface area contributed by atoms with Gasteiger partial charge >= 0.3 is 0 Å². The number of amidine groups is 1. The number of nitrogens with zero attached hydrogens (tertiary/aromatic N) is 1. The smallest absolute Gasteiger partial charge is 0.139 e. The Morgan fingerprint density at radius 2 is 1.82 bits per heavy atom. The first-order valence-corrected chi connectivity index (χ1v) is 6.42. The van der Waals surface area contributed by atoms with Crippen molar-refractivity contribution in [1.82, 2.24) is 0 Å². The molecule has 0 radical (unpaired) electrons. The monoisotopic (exact) mass is 314 g/mol. The van der Waals surface area contributed by atoms with Gasteiger partial charge in [-0.3, -0.25) is 4.99 Å². The van der Waals surface area contributed by atoms with Gasteiger partial charge in [-0.1, -0.05) is 18.2 Å². The van der Waals surface area contributed by atoms with Crippen LogP contribution in [0.4, 0.5) is 5.69 Å². The van der Waals surface area contributed by atoms with E-state index < -0.39 is 0 Å². The topological polar surface area (TPSA) is 24.4 Å². The highest BCUT2D eigenvalue weighted by molar-refractivity contribution is 9.12. The molecule has 0 fully saturated rings. The highest BCUT2D eigenvalue weighted by Gasteiger charge is 2.11. The van der Waals surface area contributed by atoms with Gasteiger partial charge in [0.15, 0.2) is 0 Å². The molecule has 0 aromatic heterocycles. The maximum absolute atomic E-state index is 5.83. The predicted octanol–water partition coefficient (Wildman–Crippen LogP) is 4.86. The van der Waals surface area contributed by atoms with E-state index in [-0.39, 0.29) is 5.54 Å². The van der Waals surface area contributed by atoms with Crippen molar-refractivity contribution >= 4 is 39.1 Å². The number of hydrogen-bond acceptors (Lipinski definition) is 1. The molecule has 0 bridgehead atoms. The molecule has 1 rings (SSSR count). The molecule has 1 aromatic rings. The SMILES string of the molecule is C=C(Br)C(=NC(C)(C)C)Nc1ccc(Cl)cc1. The minimum atomic E-state index is -0.161. The summed E-state index contributed by atoms with van der Waals surface area (Å²) in [5.74, 6) is 0.722. The van der Waals surface area contributed by atoms with E-state index in [4.69, 9.17) is 11.6 Å². The molecule has 1 N–H and O–H groups in total. The zero-order chi connectivity index (χ0) is 13.1. The Kier molecular flexibility index (Phi) is 4.78. The van der Waals surface area contributed by atoms with E-state index in [0.29, 0.717) is 5.02 Å². The maximum atomic E-state index is 5.83. The molecule has 0 heterocycles. The van der Waals surface area contributed by atoms with Crippen LogP contribution in [0.2, 0.25) is 5.02 Å². The third-order valence-electron chi connectivity index (χ3n) is 1.81. The molecule has 0 unspecified atom stereocenters. The lowest BCUT2D eigenvalue weighted by Crippen LogP contribution is -2.20. The zero-order valence-corrected chi connectivity index (χ0v) is 12.6. The Bertz CT molecular complexity index is 430. The first kappa shape index (κ1) is 14.3. The van der Waals surface area contributed by atoms with Gasteiger partial charge in [0.05, 0.1) is 10.0 Å². The van der Waals surface area contributed by atoms with Gasteiger partial charge < -0.3 is 5.32 Å². The summed E-state index contributed by atoms with van der Waals surface area (Å²) in [6.07, 6.45) is 0. The van der Waals surface area contributed by atoms with Crippen molar-refractivity contribution in [2.75, 3.05) is 5.32 Å². The predicted molar refractivity (Wildman–Crippen MR) is 80.3 cm³/mol. The summed E-state index contributed by atoms with van der Waals surface area (Å²) in [5, 5.41) is 3.92. The van der Waals surface area contributed by atoms with Crippen molar-refractivity contribution in [3.8, 4) is 0 Å². The minimum Gasteiger partial charge on any atom is -0.340 e. The van der Waals surface area contributed by atoms with Crippen molar-refractivity contribution in [3.63, 3.8) is 0 Å². The van der Waals surface area contributed by atoms with Gasteiger partial charge in [0.2, 0.25) is 0 Å². The number of nitrogens with one attached hydrogen (secondary N) is 1. The average molecular weight is 316 g/mol. The molecule has 0 saturated heterocycles. The minimum absolute atomic E-state index is 0.161. The number of halogens is 2. The fourth-order valence-corrected chi connectivity index (χ4v) is 1.48. The summed E-state index contributed by atoms with van der Waals surface area (Å²) in [5.41, 5.74) is 0.767. The fraction of sp³-hybridized carbons (Fsp3) is 0.308. The van der Waals surface area contributed by atoms with Crippen molar-refractivity contribution in [3.05, 3.63) is 40.3 Å². The number of anilines is 1. The van der Waals surface area contributed by atoms with Gasteiger partial charge in [-0.05, 0) is 61.0 Å². The van der Waals surface area contributed by atoms with Crippen molar-refractivity contribution in [1.29, 1.82) is 0 Å². The summed E-state index contributed by atoms with van der Waals surface area (Å²) < 4.78 is 0.724. The Morgan fingerprint density at radius 3 is 2.24 bits per heavy atom. The number of benzene rings is 1. The molecule has 1 aromatic carbocycles. The molecule has 0 aliphatic heterocycles. The van der Waals surface area contributed by atoms with Gasteiger partial charge in [0, 0.05) is 10.7 Å². The molecule has 2 nitrogen and oxygen atoms in total. The molecular weight excluding hydrogens is 300 g/mol. The molecular formula is C13H16BrClN2. The molecule has 4 heteroatoms. The number of rotatable bonds is 2. The Labute approximate surface area is 116 Å². The van der Waals surface area contributed by atoms with Gasteiger partial charge in [0.25, 0.3) is 0 Å². The van der Waals surface area contributed by atoms with Crippen LogP contribution in [0, 0.1) is 0 Å². The van der Waals surface area contributed by atoms with Crippen LogP contribution in [0.25, 0.3) is 0 Å². The van der Waals surface area contributed by atoms with Crippen LogP contribution in [-0.4, -0.2) is 11.4 Å². The van der Waals surface area contributed by atoms with E-state index in [1.807, 2.05) is 45.0 Å². The Balaban J connectivity index is 2.92. The van der Waals surface area contributed by atoms with E-state index in [0.717, 1.165) is 16.0 Å². The first-order chi connectivity index (χ1) is 7.78. The van der Waals surface area contributed by atoms with Gasteiger partial charge in [-0.25, -0.2) is 0 Å². The number of hydrogen-bond donors (Lipinski definition) is 1. The van der Waals surface area contributed by atoms with Crippen LogP contribution in [0.15, 0.2) is 40.3 Å². The van der Waals surface area contributed by atoms with E-state index in [1.165, 1.54) is 0 Å². The molecule has 0 spiro atoms. The summed E-state index contributed by atoms with van der Waals surface area (Å²) in [6.45, 7) is 9.95. The molecule has 0 aliphatic rings. The summed E-state index contributed by atoms with van der Waals surface area (Å²) >= 11 is 9.18. The molecule has 0 atom stereocenters. The average Bonchev–Trinajstić information content (AvgIpc) is 2.18. The first-order valence-electron chi connectivity index (χ1n) is 5.25.